The normalized spacial score (nSPS) is 10.7. The minimum absolute atomic E-state index is 0.0520. The van der Waals surface area contributed by atoms with Crippen molar-refractivity contribution in [3.05, 3.63) is 72.0 Å². The van der Waals surface area contributed by atoms with Crippen LogP contribution < -0.4 is 15.8 Å². The third kappa shape index (κ3) is 6.05. The van der Waals surface area contributed by atoms with E-state index < -0.39 is 17.6 Å². The van der Waals surface area contributed by atoms with Gasteiger partial charge in [0.05, 0.1) is 31.0 Å². The van der Waals surface area contributed by atoms with Gasteiger partial charge in [0.1, 0.15) is 17.4 Å². The van der Waals surface area contributed by atoms with Crippen LogP contribution in [-0.4, -0.2) is 33.0 Å². The molecule has 0 radical (unpaired) electrons. The number of hydrogen-bond acceptors (Lipinski definition) is 10. The van der Waals surface area contributed by atoms with Crippen LogP contribution in [0.3, 0.4) is 0 Å². The number of nitrogens with two attached hydrogens (primary N) is 1. The SMILES string of the molecule is COc1ccccc1Nc1nc(N)nc(COC(=O)CCc2ncc(-c3ccc(F)cc3F)o2)n1. The number of nitrogen functional groups attached to an aromatic ring is 1. The van der Waals surface area contributed by atoms with E-state index in [2.05, 4.69) is 25.3 Å². The van der Waals surface area contributed by atoms with Gasteiger partial charge in [-0.05, 0) is 24.3 Å². The van der Waals surface area contributed by atoms with Gasteiger partial charge in [-0.25, -0.2) is 13.8 Å². The number of ether oxygens (including phenoxy) is 2. The molecule has 0 amide bonds. The lowest BCUT2D eigenvalue weighted by Gasteiger charge is -2.10. The van der Waals surface area contributed by atoms with E-state index in [-0.39, 0.29) is 54.4 Å². The Bertz CT molecular complexity index is 1350. The zero-order valence-corrected chi connectivity index (χ0v) is 18.5. The maximum Gasteiger partial charge on any atom is 0.306 e. The maximum absolute atomic E-state index is 13.9. The number of esters is 1. The minimum atomic E-state index is -0.775. The molecule has 12 heteroatoms. The van der Waals surface area contributed by atoms with Crippen LogP contribution in [0.4, 0.5) is 26.4 Å². The molecule has 0 saturated carbocycles. The summed E-state index contributed by atoms with van der Waals surface area (Å²) in [6.45, 7) is -0.232. The molecule has 0 atom stereocenters. The topological polar surface area (TPSA) is 138 Å². The number of aryl methyl sites for hydroxylation is 1. The molecule has 4 rings (SSSR count). The molecule has 35 heavy (non-hydrogen) atoms. The van der Waals surface area contributed by atoms with Crippen molar-refractivity contribution in [3.8, 4) is 17.1 Å². The molecule has 0 fully saturated rings. The Hall–Kier alpha value is -4.61. The van der Waals surface area contributed by atoms with Crippen LogP contribution in [0.15, 0.2) is 53.1 Å². The predicted octanol–water partition coefficient (Wildman–Crippen LogP) is 3.82. The van der Waals surface area contributed by atoms with E-state index in [9.17, 15) is 13.6 Å². The third-order valence-corrected chi connectivity index (χ3v) is 4.71. The summed E-state index contributed by atoms with van der Waals surface area (Å²) < 4.78 is 42.9. The van der Waals surface area contributed by atoms with Gasteiger partial charge in [0, 0.05) is 12.5 Å². The van der Waals surface area contributed by atoms with E-state index >= 15 is 0 Å². The first-order valence-corrected chi connectivity index (χ1v) is 10.4. The van der Waals surface area contributed by atoms with Gasteiger partial charge >= 0.3 is 5.97 Å². The summed E-state index contributed by atoms with van der Waals surface area (Å²) in [5.41, 5.74) is 6.44. The number of hydrogen-bond donors (Lipinski definition) is 2. The number of carbonyl (C=O) groups excluding carboxylic acids is 1. The zero-order chi connectivity index (χ0) is 24.8. The zero-order valence-electron chi connectivity index (χ0n) is 18.5. The Labute approximate surface area is 198 Å². The molecular weight excluding hydrogens is 462 g/mol. The summed E-state index contributed by atoms with van der Waals surface area (Å²) in [5, 5.41) is 2.99. The number of rotatable bonds is 9. The molecule has 0 aliphatic heterocycles. The van der Waals surface area contributed by atoms with Gasteiger partial charge in [-0.3, -0.25) is 4.79 Å². The summed E-state index contributed by atoms with van der Waals surface area (Å²) in [6.07, 6.45) is 1.36. The van der Waals surface area contributed by atoms with Crippen molar-refractivity contribution in [2.75, 3.05) is 18.2 Å². The molecule has 0 aliphatic carbocycles. The van der Waals surface area contributed by atoms with Gasteiger partial charge in [-0.2, -0.15) is 15.0 Å². The molecule has 180 valence electrons. The fraction of sp³-hybridized carbons (Fsp3) is 0.174. The van der Waals surface area contributed by atoms with Crippen LogP contribution >= 0.6 is 0 Å². The molecule has 0 saturated heterocycles. The molecule has 0 aliphatic rings. The van der Waals surface area contributed by atoms with Crippen LogP contribution in [0.1, 0.15) is 18.1 Å². The predicted molar refractivity (Wildman–Crippen MR) is 120 cm³/mol. The van der Waals surface area contributed by atoms with Crippen molar-refractivity contribution >= 4 is 23.6 Å². The van der Waals surface area contributed by atoms with Gasteiger partial charge in [0.2, 0.25) is 11.9 Å². The number of carbonyl (C=O) groups is 1. The Balaban J connectivity index is 1.32. The average Bonchev–Trinajstić information content (AvgIpc) is 3.30. The number of methoxy groups -OCH3 is 1. The highest BCUT2D eigenvalue weighted by Crippen LogP contribution is 2.26. The second kappa shape index (κ2) is 10.5. The fourth-order valence-corrected chi connectivity index (χ4v) is 3.09. The van der Waals surface area contributed by atoms with Crippen molar-refractivity contribution in [2.45, 2.75) is 19.4 Å². The molecular formula is C23H20F2N6O4. The summed E-state index contributed by atoms with van der Waals surface area (Å²) >= 11 is 0. The van der Waals surface area contributed by atoms with E-state index in [1.807, 2.05) is 12.1 Å². The quantitative estimate of drug-likeness (QED) is 0.339. The lowest BCUT2D eigenvalue weighted by Crippen LogP contribution is -2.11. The van der Waals surface area contributed by atoms with E-state index in [1.54, 1.807) is 12.1 Å². The van der Waals surface area contributed by atoms with Crippen molar-refractivity contribution < 1.29 is 27.5 Å². The van der Waals surface area contributed by atoms with Gasteiger partial charge in [0.15, 0.2) is 24.1 Å². The van der Waals surface area contributed by atoms with Gasteiger partial charge in [-0.15, -0.1) is 0 Å². The number of nitrogens with zero attached hydrogens (tertiary/aromatic N) is 4. The highest BCUT2D eigenvalue weighted by atomic mass is 19.1. The largest absolute Gasteiger partial charge is 0.495 e. The van der Waals surface area contributed by atoms with E-state index in [0.29, 0.717) is 11.4 Å². The average molecular weight is 482 g/mol. The molecule has 3 N–H and O–H groups in total. The minimum Gasteiger partial charge on any atom is -0.495 e. The standard InChI is InChI=1S/C23H20F2N6O4/c1-33-17-5-3-2-4-16(17)28-23-30-19(29-22(26)31-23)12-34-21(32)9-8-20-27-11-18(35-20)14-7-6-13(24)10-15(14)25/h2-7,10-11H,8-9,12H2,1H3,(H3,26,28,29,30,31). The second-order valence-corrected chi connectivity index (χ2v) is 7.16. The van der Waals surface area contributed by atoms with Crippen LogP contribution in [0.2, 0.25) is 0 Å². The van der Waals surface area contributed by atoms with E-state index in [4.69, 9.17) is 19.6 Å². The first-order valence-electron chi connectivity index (χ1n) is 10.4. The number of anilines is 3. The number of halogens is 2. The Morgan fingerprint density at radius 2 is 1.97 bits per heavy atom. The van der Waals surface area contributed by atoms with Crippen molar-refractivity contribution in [2.24, 2.45) is 0 Å². The first-order chi connectivity index (χ1) is 16.9. The third-order valence-electron chi connectivity index (χ3n) is 4.71. The Morgan fingerprint density at radius 3 is 2.77 bits per heavy atom. The number of aromatic nitrogens is 4. The van der Waals surface area contributed by atoms with Crippen molar-refractivity contribution in [3.63, 3.8) is 0 Å². The van der Waals surface area contributed by atoms with Crippen molar-refractivity contribution in [1.82, 2.24) is 19.9 Å². The van der Waals surface area contributed by atoms with Gasteiger partial charge in [-0.1, -0.05) is 12.1 Å². The first kappa shape index (κ1) is 23.5. The maximum atomic E-state index is 13.9. The molecule has 0 bridgehead atoms. The van der Waals surface area contributed by atoms with E-state index in [0.717, 1.165) is 12.1 Å². The molecule has 2 aromatic heterocycles. The Kier molecular flexibility index (Phi) is 7.10. The number of para-hydroxylation sites is 2. The molecule has 4 aromatic rings. The molecule has 0 spiro atoms. The van der Waals surface area contributed by atoms with Gasteiger partial charge in [0.25, 0.3) is 0 Å². The molecule has 2 heterocycles. The van der Waals surface area contributed by atoms with Gasteiger partial charge < -0.3 is 24.9 Å². The number of benzene rings is 2. The summed E-state index contributed by atoms with van der Waals surface area (Å²) in [5.74, 6) is -0.868. The summed E-state index contributed by atoms with van der Waals surface area (Å²) in [7, 11) is 1.54. The number of nitrogens with one attached hydrogen (secondary N) is 1. The molecule has 10 nitrogen and oxygen atoms in total. The molecule has 2 aromatic carbocycles. The Morgan fingerprint density at radius 1 is 1.14 bits per heavy atom. The van der Waals surface area contributed by atoms with Crippen LogP contribution in [0, 0.1) is 11.6 Å². The number of oxazole rings is 1. The van der Waals surface area contributed by atoms with Crippen LogP contribution in [-0.2, 0) is 22.6 Å². The second-order valence-electron chi connectivity index (χ2n) is 7.16. The monoisotopic (exact) mass is 482 g/mol. The summed E-state index contributed by atoms with van der Waals surface area (Å²) in [4.78, 5) is 28.4. The summed E-state index contributed by atoms with van der Waals surface area (Å²) in [6, 6.07) is 10.3. The fourth-order valence-electron chi connectivity index (χ4n) is 3.09. The lowest BCUT2D eigenvalue weighted by molar-refractivity contribution is -0.145. The molecule has 0 unspecified atom stereocenters. The van der Waals surface area contributed by atoms with Crippen molar-refractivity contribution in [1.29, 1.82) is 0 Å². The lowest BCUT2D eigenvalue weighted by atomic mass is 10.2. The highest BCUT2D eigenvalue weighted by molar-refractivity contribution is 5.69. The highest BCUT2D eigenvalue weighted by Gasteiger charge is 2.14. The smallest absolute Gasteiger partial charge is 0.306 e. The van der Waals surface area contributed by atoms with Crippen LogP contribution in [0.25, 0.3) is 11.3 Å². The van der Waals surface area contributed by atoms with E-state index in [1.165, 1.54) is 19.4 Å². The van der Waals surface area contributed by atoms with Crippen LogP contribution in [0.5, 0.6) is 5.75 Å².